The molecule has 1 unspecified atom stereocenters. The summed E-state index contributed by atoms with van der Waals surface area (Å²) < 4.78 is 19.3. The van der Waals surface area contributed by atoms with Crippen molar-refractivity contribution in [2.24, 2.45) is 11.0 Å². The van der Waals surface area contributed by atoms with Gasteiger partial charge in [0.2, 0.25) is 5.91 Å². The zero-order valence-corrected chi connectivity index (χ0v) is 18.1. The second-order valence-electron chi connectivity index (χ2n) is 7.21. The molecule has 0 aromatic heterocycles. The fourth-order valence-electron chi connectivity index (χ4n) is 2.72. The summed E-state index contributed by atoms with van der Waals surface area (Å²) in [7, 11) is 0. The molecular formula is C24H21FN4O5. The molecule has 2 N–H and O–H groups in total. The highest BCUT2D eigenvalue weighted by Crippen LogP contribution is 2.16. The number of hydrogen-bond acceptors (Lipinski definition) is 6. The lowest BCUT2D eigenvalue weighted by Gasteiger charge is -2.11. The van der Waals surface area contributed by atoms with Crippen molar-refractivity contribution in [2.45, 2.75) is 13.5 Å². The van der Waals surface area contributed by atoms with Gasteiger partial charge in [0, 0.05) is 12.1 Å². The van der Waals surface area contributed by atoms with Crippen molar-refractivity contribution in [3.05, 3.63) is 99.9 Å². The van der Waals surface area contributed by atoms with E-state index in [0.717, 1.165) is 5.56 Å². The van der Waals surface area contributed by atoms with Crippen LogP contribution in [0.25, 0.3) is 0 Å². The standard InChI is InChI=1S/C24H21FN4O5/c1-16(23(30)27-22-5-3-2-4-21(22)25)24(31)28-26-14-17-8-12-20(13-9-17)34-15-18-6-10-19(11-7-18)29(32)33/h2-14,16H,15H2,1H3,(H,27,30)(H,28,31). The Hall–Kier alpha value is -4.60. The highest BCUT2D eigenvalue weighted by molar-refractivity contribution is 6.06. The first kappa shape index (κ1) is 24.1. The van der Waals surface area contributed by atoms with Crippen molar-refractivity contribution in [1.29, 1.82) is 0 Å². The number of non-ortho nitro benzene ring substituents is 1. The molecule has 174 valence electrons. The van der Waals surface area contributed by atoms with Crippen LogP contribution in [0.2, 0.25) is 0 Å². The molecule has 34 heavy (non-hydrogen) atoms. The van der Waals surface area contributed by atoms with Gasteiger partial charge in [-0.05, 0) is 66.6 Å². The second-order valence-corrected chi connectivity index (χ2v) is 7.21. The van der Waals surface area contributed by atoms with Crippen molar-refractivity contribution < 1.29 is 23.6 Å². The first-order valence-electron chi connectivity index (χ1n) is 10.2. The highest BCUT2D eigenvalue weighted by atomic mass is 19.1. The van der Waals surface area contributed by atoms with E-state index in [9.17, 15) is 24.1 Å². The van der Waals surface area contributed by atoms with Gasteiger partial charge in [-0.25, -0.2) is 9.82 Å². The summed E-state index contributed by atoms with van der Waals surface area (Å²) in [5.74, 6) is -2.41. The molecular weight excluding hydrogens is 443 g/mol. The molecule has 0 saturated heterocycles. The largest absolute Gasteiger partial charge is 0.489 e. The molecule has 10 heteroatoms. The Morgan fingerprint density at radius 2 is 1.74 bits per heavy atom. The number of hydrogen-bond donors (Lipinski definition) is 2. The predicted molar refractivity (Wildman–Crippen MR) is 124 cm³/mol. The number of nitro groups is 1. The number of hydrazone groups is 1. The van der Waals surface area contributed by atoms with Crippen LogP contribution in [0, 0.1) is 21.8 Å². The minimum absolute atomic E-state index is 0.00784. The third-order valence-electron chi connectivity index (χ3n) is 4.74. The molecule has 0 saturated carbocycles. The van der Waals surface area contributed by atoms with Gasteiger partial charge in [-0.3, -0.25) is 19.7 Å². The Balaban J connectivity index is 1.47. The Kier molecular flexibility index (Phi) is 8.01. The first-order valence-corrected chi connectivity index (χ1v) is 10.2. The number of para-hydroxylation sites is 1. The Labute approximate surface area is 194 Å². The minimum atomic E-state index is -1.09. The number of benzene rings is 3. The van der Waals surface area contributed by atoms with Gasteiger partial charge < -0.3 is 10.1 Å². The predicted octanol–water partition coefficient (Wildman–Crippen LogP) is 4.04. The molecule has 0 fully saturated rings. The minimum Gasteiger partial charge on any atom is -0.489 e. The monoisotopic (exact) mass is 464 g/mol. The van der Waals surface area contributed by atoms with Crippen LogP contribution in [-0.2, 0) is 16.2 Å². The van der Waals surface area contributed by atoms with Crippen LogP contribution in [0.5, 0.6) is 5.75 Å². The lowest BCUT2D eigenvalue weighted by Crippen LogP contribution is -2.34. The first-order chi connectivity index (χ1) is 16.3. The molecule has 0 aliphatic heterocycles. The molecule has 0 bridgehead atoms. The Morgan fingerprint density at radius 1 is 1.06 bits per heavy atom. The third kappa shape index (κ3) is 6.70. The van der Waals surface area contributed by atoms with Gasteiger partial charge in [0.1, 0.15) is 24.1 Å². The molecule has 0 radical (unpaired) electrons. The maximum atomic E-state index is 13.6. The summed E-state index contributed by atoms with van der Waals surface area (Å²) in [6.45, 7) is 1.63. The van der Waals surface area contributed by atoms with E-state index in [1.54, 1.807) is 42.5 Å². The van der Waals surface area contributed by atoms with Crippen LogP contribution < -0.4 is 15.5 Å². The van der Waals surface area contributed by atoms with Gasteiger partial charge in [0.05, 0.1) is 16.8 Å². The van der Waals surface area contributed by atoms with Gasteiger partial charge in [0.25, 0.3) is 11.6 Å². The van der Waals surface area contributed by atoms with Gasteiger partial charge in [-0.15, -0.1) is 0 Å². The van der Waals surface area contributed by atoms with E-state index in [2.05, 4.69) is 15.8 Å². The Bertz CT molecular complexity index is 1200. The topological polar surface area (TPSA) is 123 Å². The van der Waals surface area contributed by atoms with Crippen LogP contribution in [0.1, 0.15) is 18.1 Å². The van der Waals surface area contributed by atoms with Gasteiger partial charge >= 0.3 is 0 Å². The molecule has 0 heterocycles. The second kappa shape index (κ2) is 11.3. The molecule has 0 spiro atoms. The number of ether oxygens (including phenoxy) is 1. The SMILES string of the molecule is CC(C(=O)NN=Cc1ccc(OCc2ccc([N+](=O)[O-])cc2)cc1)C(=O)Nc1ccccc1F. The molecule has 3 aromatic carbocycles. The van der Waals surface area contributed by atoms with E-state index in [1.165, 1.54) is 43.5 Å². The summed E-state index contributed by atoms with van der Waals surface area (Å²) in [6.07, 6.45) is 1.40. The fraction of sp³-hybridized carbons (Fsp3) is 0.125. The van der Waals surface area contributed by atoms with Crippen LogP contribution in [-0.4, -0.2) is 23.0 Å². The normalized spacial score (nSPS) is 11.6. The van der Waals surface area contributed by atoms with Crippen LogP contribution in [0.15, 0.2) is 77.9 Å². The summed E-state index contributed by atoms with van der Waals surface area (Å²) in [5.41, 5.74) is 3.75. The van der Waals surface area contributed by atoms with Crippen LogP contribution >= 0.6 is 0 Å². The van der Waals surface area contributed by atoms with Gasteiger partial charge in [0.15, 0.2) is 0 Å². The van der Waals surface area contributed by atoms with Crippen molar-refractivity contribution in [1.82, 2.24) is 5.43 Å². The summed E-state index contributed by atoms with van der Waals surface area (Å²) >= 11 is 0. The zero-order valence-electron chi connectivity index (χ0n) is 18.1. The number of nitro benzene ring substituents is 1. The maximum Gasteiger partial charge on any atom is 0.269 e. The van der Waals surface area contributed by atoms with Gasteiger partial charge in [-0.1, -0.05) is 12.1 Å². The fourth-order valence-corrected chi connectivity index (χ4v) is 2.72. The summed E-state index contributed by atoms with van der Waals surface area (Å²) in [5, 5.41) is 16.9. The molecule has 1 atom stereocenters. The molecule has 3 rings (SSSR count). The van der Waals surface area contributed by atoms with Crippen LogP contribution in [0.3, 0.4) is 0 Å². The number of amides is 2. The number of halogens is 1. The number of rotatable bonds is 9. The van der Waals surface area contributed by atoms with Crippen molar-refractivity contribution >= 4 is 29.4 Å². The molecule has 0 aliphatic rings. The quantitative estimate of drug-likeness (QED) is 0.214. The zero-order chi connectivity index (χ0) is 24.5. The van der Waals surface area contributed by atoms with Gasteiger partial charge in [-0.2, -0.15) is 5.10 Å². The molecule has 0 aliphatic carbocycles. The smallest absolute Gasteiger partial charge is 0.269 e. The number of carbonyl (C=O) groups excluding carboxylic acids is 2. The third-order valence-corrected chi connectivity index (χ3v) is 4.74. The molecule has 2 amide bonds. The molecule has 9 nitrogen and oxygen atoms in total. The Morgan fingerprint density at radius 3 is 2.38 bits per heavy atom. The maximum absolute atomic E-state index is 13.6. The van der Waals surface area contributed by atoms with E-state index in [4.69, 9.17) is 4.74 Å². The van der Waals surface area contributed by atoms with Crippen molar-refractivity contribution in [3.8, 4) is 5.75 Å². The summed E-state index contributed by atoms with van der Waals surface area (Å²) in [4.78, 5) is 34.5. The average molecular weight is 464 g/mol. The van der Waals surface area contributed by atoms with E-state index in [-0.39, 0.29) is 18.0 Å². The van der Waals surface area contributed by atoms with Crippen LogP contribution in [0.4, 0.5) is 15.8 Å². The van der Waals surface area contributed by atoms with E-state index in [1.807, 2.05) is 0 Å². The highest BCUT2D eigenvalue weighted by Gasteiger charge is 2.22. The van der Waals surface area contributed by atoms with E-state index < -0.39 is 28.5 Å². The number of carbonyl (C=O) groups is 2. The number of nitrogens with one attached hydrogen (secondary N) is 2. The van der Waals surface area contributed by atoms with Crippen molar-refractivity contribution in [3.63, 3.8) is 0 Å². The number of nitrogens with zero attached hydrogens (tertiary/aromatic N) is 2. The summed E-state index contributed by atoms with van der Waals surface area (Å²) in [6, 6.07) is 18.6. The lowest BCUT2D eigenvalue weighted by atomic mass is 10.1. The number of anilines is 1. The van der Waals surface area contributed by atoms with E-state index in [0.29, 0.717) is 11.3 Å². The average Bonchev–Trinajstić information content (AvgIpc) is 2.84. The van der Waals surface area contributed by atoms with E-state index >= 15 is 0 Å². The van der Waals surface area contributed by atoms with Crippen molar-refractivity contribution in [2.75, 3.05) is 5.32 Å². The lowest BCUT2D eigenvalue weighted by molar-refractivity contribution is -0.384. The molecule has 3 aromatic rings.